The molecule has 0 radical (unpaired) electrons. The molecule has 0 aromatic heterocycles. The molecular weight excluding hydrogens is 328 g/mol. The van der Waals surface area contributed by atoms with Crippen molar-refractivity contribution >= 4 is 17.5 Å². The fourth-order valence-corrected chi connectivity index (χ4v) is 5.56. The van der Waals surface area contributed by atoms with Crippen LogP contribution >= 0.6 is 0 Å². The second-order valence-electron chi connectivity index (χ2n) is 8.75. The highest BCUT2D eigenvalue weighted by molar-refractivity contribution is 5.95. The first kappa shape index (κ1) is 17.4. The van der Waals surface area contributed by atoms with Gasteiger partial charge < -0.3 is 15.0 Å². The molecule has 1 aromatic carbocycles. The number of likely N-dealkylation sites (N-methyl/N-ethyl adjacent to an activating group) is 1. The molecule has 4 aliphatic rings. The van der Waals surface area contributed by atoms with Crippen molar-refractivity contribution in [2.75, 3.05) is 26.0 Å². The van der Waals surface area contributed by atoms with Crippen LogP contribution in [-0.2, 0) is 9.59 Å². The van der Waals surface area contributed by atoms with E-state index >= 15 is 0 Å². The van der Waals surface area contributed by atoms with E-state index in [2.05, 4.69) is 5.32 Å². The maximum Gasteiger partial charge on any atom is 0.259 e. The molecule has 0 aliphatic heterocycles. The number of carbonyl (C=O) groups is 2. The molecule has 1 N–H and O–H groups in total. The summed E-state index contributed by atoms with van der Waals surface area (Å²) in [5.74, 6) is 3.04. The Morgan fingerprint density at radius 1 is 1.04 bits per heavy atom. The number of amides is 2. The van der Waals surface area contributed by atoms with E-state index in [0.717, 1.165) is 42.7 Å². The van der Waals surface area contributed by atoms with Crippen molar-refractivity contribution in [1.82, 2.24) is 4.90 Å². The molecule has 26 heavy (non-hydrogen) atoms. The van der Waals surface area contributed by atoms with Crippen molar-refractivity contribution < 1.29 is 14.3 Å². The Labute approximate surface area is 155 Å². The topological polar surface area (TPSA) is 58.6 Å². The zero-order valence-electron chi connectivity index (χ0n) is 15.7. The van der Waals surface area contributed by atoms with E-state index in [1.807, 2.05) is 12.1 Å². The first-order chi connectivity index (χ1) is 12.4. The van der Waals surface area contributed by atoms with Gasteiger partial charge in [0.25, 0.3) is 5.91 Å². The first-order valence-electron chi connectivity index (χ1n) is 9.68. The Morgan fingerprint density at radius 2 is 1.58 bits per heavy atom. The third kappa shape index (κ3) is 3.31. The molecule has 4 saturated carbocycles. The Hall–Kier alpha value is -2.04. The van der Waals surface area contributed by atoms with Crippen LogP contribution < -0.4 is 10.1 Å². The van der Waals surface area contributed by atoms with Crippen molar-refractivity contribution in [3.63, 3.8) is 0 Å². The highest BCUT2D eigenvalue weighted by Crippen LogP contribution is 2.60. The maximum atomic E-state index is 13.0. The van der Waals surface area contributed by atoms with Gasteiger partial charge in [-0.1, -0.05) is 0 Å². The van der Waals surface area contributed by atoms with Gasteiger partial charge in [-0.3, -0.25) is 9.59 Å². The smallest absolute Gasteiger partial charge is 0.259 e. The molecule has 5 nitrogen and oxygen atoms in total. The molecule has 0 spiro atoms. The molecule has 1 aromatic rings. The van der Waals surface area contributed by atoms with Gasteiger partial charge in [-0.05, 0) is 80.5 Å². The van der Waals surface area contributed by atoms with Crippen LogP contribution in [0.2, 0.25) is 0 Å². The second-order valence-corrected chi connectivity index (χ2v) is 8.75. The zero-order chi connectivity index (χ0) is 18.3. The van der Waals surface area contributed by atoms with Crippen molar-refractivity contribution in [1.29, 1.82) is 0 Å². The summed E-state index contributed by atoms with van der Waals surface area (Å²) in [6, 6.07) is 7.32. The molecular formula is C21H28N2O3. The van der Waals surface area contributed by atoms with Crippen LogP contribution in [-0.4, -0.2) is 37.4 Å². The van der Waals surface area contributed by atoms with E-state index in [9.17, 15) is 9.59 Å². The predicted molar refractivity (Wildman–Crippen MR) is 99.9 cm³/mol. The molecule has 2 amide bonds. The minimum absolute atomic E-state index is 0.0198. The number of rotatable bonds is 5. The lowest BCUT2D eigenvalue weighted by Crippen LogP contribution is -2.51. The van der Waals surface area contributed by atoms with Gasteiger partial charge in [-0.15, -0.1) is 0 Å². The summed E-state index contributed by atoms with van der Waals surface area (Å²) >= 11 is 0. The van der Waals surface area contributed by atoms with Gasteiger partial charge in [0.05, 0.1) is 5.41 Å². The fraction of sp³-hybridized carbons (Fsp3) is 0.619. The van der Waals surface area contributed by atoms with Crippen LogP contribution in [0.5, 0.6) is 5.75 Å². The Morgan fingerprint density at radius 3 is 2.08 bits per heavy atom. The van der Waals surface area contributed by atoms with Crippen LogP contribution in [0.3, 0.4) is 0 Å². The number of hydrogen-bond donors (Lipinski definition) is 1. The van der Waals surface area contributed by atoms with Crippen LogP contribution in [0.1, 0.15) is 38.5 Å². The van der Waals surface area contributed by atoms with Gasteiger partial charge in [0.15, 0.2) is 6.61 Å². The molecule has 0 saturated heterocycles. The van der Waals surface area contributed by atoms with E-state index in [1.54, 1.807) is 26.2 Å². The summed E-state index contributed by atoms with van der Waals surface area (Å²) in [5, 5.41) is 3.14. The van der Waals surface area contributed by atoms with Gasteiger partial charge >= 0.3 is 0 Å². The normalized spacial score (nSPS) is 31.5. The van der Waals surface area contributed by atoms with E-state index in [4.69, 9.17) is 4.74 Å². The molecule has 0 heterocycles. The molecule has 5 heteroatoms. The van der Waals surface area contributed by atoms with Crippen LogP contribution in [0.15, 0.2) is 24.3 Å². The lowest BCUT2D eigenvalue weighted by Gasteiger charge is -2.55. The highest BCUT2D eigenvalue weighted by Gasteiger charge is 2.54. The number of anilines is 1. The highest BCUT2D eigenvalue weighted by atomic mass is 16.5. The summed E-state index contributed by atoms with van der Waals surface area (Å²) < 4.78 is 5.49. The van der Waals surface area contributed by atoms with Crippen molar-refractivity contribution in [3.05, 3.63) is 24.3 Å². The van der Waals surface area contributed by atoms with Crippen molar-refractivity contribution in [2.24, 2.45) is 23.2 Å². The number of carbonyl (C=O) groups excluding carboxylic acids is 2. The Balaban J connectivity index is 1.37. The summed E-state index contributed by atoms with van der Waals surface area (Å²) in [6.07, 6.45) is 7.22. The first-order valence-corrected chi connectivity index (χ1v) is 9.68. The number of nitrogens with zero attached hydrogens (tertiary/aromatic N) is 1. The third-order valence-corrected chi connectivity index (χ3v) is 6.49. The Kier molecular flexibility index (Phi) is 4.41. The minimum Gasteiger partial charge on any atom is -0.484 e. The van der Waals surface area contributed by atoms with Crippen molar-refractivity contribution in [3.8, 4) is 5.75 Å². The number of nitrogens with one attached hydrogen (secondary N) is 1. The van der Waals surface area contributed by atoms with E-state index in [-0.39, 0.29) is 23.8 Å². The molecule has 140 valence electrons. The number of ether oxygens (including phenoxy) is 1. The largest absolute Gasteiger partial charge is 0.484 e. The predicted octanol–water partition coefficient (Wildman–Crippen LogP) is 3.31. The van der Waals surface area contributed by atoms with Gasteiger partial charge in [0.2, 0.25) is 5.91 Å². The number of benzene rings is 1. The molecule has 4 fully saturated rings. The van der Waals surface area contributed by atoms with Crippen molar-refractivity contribution in [2.45, 2.75) is 38.5 Å². The maximum absolute atomic E-state index is 13.0. The number of hydrogen-bond acceptors (Lipinski definition) is 3. The standard InChI is InChI=1S/C21H28N2O3/c1-23(2)19(24)13-26-18-5-3-17(4-6-18)22-20(25)21-10-14-7-15(11-21)9-16(8-14)12-21/h3-6,14-16H,7-13H2,1-2H3,(H,22,25). The average Bonchev–Trinajstić information content (AvgIpc) is 2.59. The van der Waals surface area contributed by atoms with Gasteiger partial charge in [-0.2, -0.15) is 0 Å². The second kappa shape index (κ2) is 6.60. The summed E-state index contributed by atoms with van der Waals surface area (Å²) in [7, 11) is 3.41. The average molecular weight is 356 g/mol. The summed E-state index contributed by atoms with van der Waals surface area (Å²) in [5.41, 5.74) is 0.666. The molecule has 0 unspecified atom stereocenters. The third-order valence-electron chi connectivity index (χ3n) is 6.49. The van der Waals surface area contributed by atoms with Gasteiger partial charge in [0.1, 0.15) is 5.75 Å². The zero-order valence-corrected chi connectivity index (χ0v) is 15.7. The summed E-state index contributed by atoms with van der Waals surface area (Å²) in [6.45, 7) is 0.0198. The lowest BCUT2D eigenvalue weighted by atomic mass is 9.49. The van der Waals surface area contributed by atoms with Gasteiger partial charge in [-0.25, -0.2) is 0 Å². The monoisotopic (exact) mass is 356 g/mol. The minimum atomic E-state index is -0.137. The Bertz CT molecular complexity index is 660. The van der Waals surface area contributed by atoms with E-state index in [1.165, 1.54) is 24.2 Å². The quantitative estimate of drug-likeness (QED) is 0.880. The van der Waals surface area contributed by atoms with Crippen LogP contribution in [0, 0.1) is 23.2 Å². The van der Waals surface area contributed by atoms with Crippen LogP contribution in [0.4, 0.5) is 5.69 Å². The van der Waals surface area contributed by atoms with E-state index in [0.29, 0.717) is 5.75 Å². The molecule has 4 aliphatic carbocycles. The molecule has 0 atom stereocenters. The summed E-state index contributed by atoms with van der Waals surface area (Å²) in [4.78, 5) is 26.1. The SMILES string of the molecule is CN(C)C(=O)COc1ccc(NC(=O)C23CC4CC(CC(C4)C2)C3)cc1. The van der Waals surface area contributed by atoms with E-state index < -0.39 is 0 Å². The fourth-order valence-electron chi connectivity index (χ4n) is 5.56. The van der Waals surface area contributed by atoms with Gasteiger partial charge in [0, 0.05) is 19.8 Å². The molecule has 5 rings (SSSR count). The molecule has 4 bridgehead atoms. The lowest BCUT2D eigenvalue weighted by molar-refractivity contribution is -0.140. The van der Waals surface area contributed by atoms with Crippen LogP contribution in [0.25, 0.3) is 0 Å².